The number of hydrogen-bond acceptors (Lipinski definition) is 4. The van der Waals surface area contributed by atoms with Crippen molar-refractivity contribution in [3.63, 3.8) is 0 Å². The number of carboxylic acids is 1. The number of halogens is 3. The number of aliphatic carboxylic acids is 1. The minimum atomic E-state index is -1.13. The zero-order valence-electron chi connectivity index (χ0n) is 25.1. The van der Waals surface area contributed by atoms with Crippen molar-refractivity contribution in [3.8, 4) is 33.8 Å². The summed E-state index contributed by atoms with van der Waals surface area (Å²) in [6, 6.07) is 22.3. The zero-order valence-corrected chi connectivity index (χ0v) is 26.6. The van der Waals surface area contributed by atoms with Gasteiger partial charge in [-0.15, -0.1) is 0 Å². The average Bonchev–Trinajstić information content (AvgIpc) is 3.02. The number of aryl methyl sites for hydroxylation is 1. The number of rotatable bonds is 16. The van der Waals surface area contributed by atoms with Crippen LogP contribution in [0.25, 0.3) is 22.3 Å². The van der Waals surface area contributed by atoms with Crippen molar-refractivity contribution < 1.29 is 28.6 Å². The van der Waals surface area contributed by atoms with E-state index in [4.69, 9.17) is 32.7 Å². The van der Waals surface area contributed by atoms with Gasteiger partial charge in [0.25, 0.3) is 5.91 Å². The monoisotopic (exact) mass is 651 g/mol. The Hall–Kier alpha value is -4.07. The molecule has 0 bridgehead atoms. The molecule has 45 heavy (non-hydrogen) atoms. The Morgan fingerprint density at radius 3 is 1.96 bits per heavy atom. The number of amides is 1. The van der Waals surface area contributed by atoms with Crippen LogP contribution < -0.4 is 14.8 Å². The maximum atomic E-state index is 13.4. The summed E-state index contributed by atoms with van der Waals surface area (Å²) in [5, 5.41) is 13.4. The van der Waals surface area contributed by atoms with Gasteiger partial charge in [-0.3, -0.25) is 4.79 Å². The van der Waals surface area contributed by atoms with Gasteiger partial charge in [-0.1, -0.05) is 73.2 Å². The summed E-state index contributed by atoms with van der Waals surface area (Å²) in [7, 11) is 0. The maximum Gasteiger partial charge on any atom is 0.341 e. The fourth-order valence-corrected chi connectivity index (χ4v) is 5.31. The molecular formula is C36H36Cl2FNO5. The largest absolute Gasteiger partial charge is 0.494 e. The number of nitrogens with one attached hydrogen (secondary N) is 1. The average molecular weight is 653 g/mol. The van der Waals surface area contributed by atoms with E-state index in [0.29, 0.717) is 68.1 Å². The van der Waals surface area contributed by atoms with E-state index in [0.717, 1.165) is 38.5 Å². The number of carboxylic acid groups (broad SMARTS) is 1. The molecule has 1 amide bonds. The molecule has 0 atom stereocenters. The smallest absolute Gasteiger partial charge is 0.341 e. The highest BCUT2D eigenvalue weighted by Gasteiger charge is 2.20. The van der Waals surface area contributed by atoms with Crippen LogP contribution in [0.4, 0.5) is 4.39 Å². The first-order valence-corrected chi connectivity index (χ1v) is 15.7. The first-order valence-electron chi connectivity index (χ1n) is 14.9. The lowest BCUT2D eigenvalue weighted by atomic mass is 9.94. The number of carbonyl (C=O) groups is 2. The maximum absolute atomic E-state index is 13.4. The van der Waals surface area contributed by atoms with Crippen molar-refractivity contribution in [1.82, 2.24) is 5.32 Å². The van der Waals surface area contributed by atoms with Gasteiger partial charge in [0.1, 0.15) is 17.3 Å². The Labute approximate surface area is 273 Å². The van der Waals surface area contributed by atoms with Crippen LogP contribution in [-0.4, -0.2) is 36.7 Å². The molecule has 0 saturated heterocycles. The van der Waals surface area contributed by atoms with Crippen LogP contribution in [0.5, 0.6) is 11.5 Å². The molecule has 4 aromatic rings. The minimum absolute atomic E-state index is 0.233. The second-order valence-corrected chi connectivity index (χ2v) is 11.6. The lowest BCUT2D eigenvalue weighted by molar-refractivity contribution is -0.139. The molecule has 2 N–H and O–H groups in total. The molecule has 4 aromatic carbocycles. The van der Waals surface area contributed by atoms with Crippen LogP contribution in [0.15, 0.2) is 78.9 Å². The van der Waals surface area contributed by atoms with E-state index >= 15 is 0 Å². The highest BCUT2D eigenvalue weighted by atomic mass is 35.5. The van der Waals surface area contributed by atoms with Gasteiger partial charge in [-0.2, -0.15) is 0 Å². The van der Waals surface area contributed by atoms with Gasteiger partial charge in [0.15, 0.2) is 6.61 Å². The van der Waals surface area contributed by atoms with Gasteiger partial charge in [0.2, 0.25) is 0 Å². The van der Waals surface area contributed by atoms with Crippen LogP contribution in [0, 0.1) is 12.7 Å². The summed E-state index contributed by atoms with van der Waals surface area (Å²) in [4.78, 5) is 24.8. The Morgan fingerprint density at radius 2 is 1.38 bits per heavy atom. The normalized spacial score (nSPS) is 10.8. The molecular weight excluding hydrogens is 616 g/mol. The van der Waals surface area contributed by atoms with E-state index in [-0.39, 0.29) is 11.7 Å². The van der Waals surface area contributed by atoms with E-state index in [2.05, 4.69) is 5.32 Å². The molecule has 6 nitrogen and oxygen atoms in total. The van der Waals surface area contributed by atoms with Gasteiger partial charge >= 0.3 is 5.97 Å². The van der Waals surface area contributed by atoms with Crippen LogP contribution in [0.3, 0.4) is 0 Å². The highest BCUT2D eigenvalue weighted by Crippen LogP contribution is 2.41. The summed E-state index contributed by atoms with van der Waals surface area (Å²) in [5.74, 6) is -0.606. The van der Waals surface area contributed by atoms with Gasteiger partial charge < -0.3 is 19.9 Å². The zero-order chi connectivity index (χ0) is 32.2. The standard InChI is InChI=1S/C36H36Cl2FNO5/c1-24-18-30(14-15-33(24)39)44-17-7-5-3-2-4-6-16-40-36(43)27-21-31(25-10-8-12-28(37)19-25)35(45-23-34(41)42)32(22-27)26-11-9-13-29(38)20-26/h8-15,18-22H,2-7,16-17,23H2,1H3,(H,40,43)(H,41,42). The number of ether oxygens (including phenoxy) is 2. The number of unbranched alkanes of at least 4 members (excludes halogenated alkanes) is 5. The molecule has 236 valence electrons. The number of carbonyl (C=O) groups excluding carboxylic acids is 1. The van der Waals surface area contributed by atoms with E-state index in [1.165, 1.54) is 6.07 Å². The predicted molar refractivity (Wildman–Crippen MR) is 177 cm³/mol. The van der Waals surface area contributed by atoms with E-state index in [1.807, 2.05) is 12.1 Å². The summed E-state index contributed by atoms with van der Waals surface area (Å²) < 4.78 is 24.9. The van der Waals surface area contributed by atoms with Crippen molar-refractivity contribution in [1.29, 1.82) is 0 Å². The fraction of sp³-hybridized carbons (Fsp3) is 0.278. The Bertz CT molecular complexity index is 1560. The molecule has 0 aromatic heterocycles. The van der Waals surface area contributed by atoms with Crippen LogP contribution in [0.2, 0.25) is 10.0 Å². The summed E-state index contributed by atoms with van der Waals surface area (Å²) >= 11 is 12.6. The van der Waals surface area contributed by atoms with Crippen LogP contribution in [-0.2, 0) is 4.79 Å². The van der Waals surface area contributed by atoms with Crippen molar-refractivity contribution in [2.24, 2.45) is 0 Å². The minimum Gasteiger partial charge on any atom is -0.494 e. The Balaban J connectivity index is 1.36. The Kier molecular flexibility index (Phi) is 12.7. The molecule has 0 heterocycles. The molecule has 0 radical (unpaired) electrons. The summed E-state index contributed by atoms with van der Waals surface area (Å²) in [6.07, 6.45) is 5.86. The van der Waals surface area contributed by atoms with Gasteiger partial charge in [-0.05, 0) is 91.1 Å². The summed E-state index contributed by atoms with van der Waals surface area (Å²) in [5.41, 5.74) is 3.42. The van der Waals surface area contributed by atoms with Gasteiger partial charge in [-0.25, -0.2) is 9.18 Å². The SMILES string of the molecule is Cc1cc(OCCCCCCCCNC(=O)c2cc(-c3cccc(Cl)c3)c(OCC(=O)O)c(-c3cccc(Cl)c3)c2)ccc1F. The molecule has 0 unspecified atom stereocenters. The quantitative estimate of drug-likeness (QED) is 0.118. The van der Waals surface area contributed by atoms with Crippen LogP contribution >= 0.6 is 23.2 Å². The summed E-state index contributed by atoms with van der Waals surface area (Å²) in [6.45, 7) is 2.27. The van der Waals surface area contributed by atoms with E-state index < -0.39 is 12.6 Å². The molecule has 9 heteroatoms. The molecule has 4 rings (SSSR count). The predicted octanol–water partition coefficient (Wildman–Crippen LogP) is 9.39. The lowest BCUT2D eigenvalue weighted by Gasteiger charge is -2.18. The topological polar surface area (TPSA) is 84.9 Å². The van der Waals surface area contributed by atoms with Crippen molar-refractivity contribution >= 4 is 35.1 Å². The van der Waals surface area contributed by atoms with E-state index in [1.54, 1.807) is 67.6 Å². The van der Waals surface area contributed by atoms with Gasteiger partial charge in [0, 0.05) is 33.3 Å². The third-order valence-corrected chi connectivity index (χ3v) is 7.69. The van der Waals surface area contributed by atoms with E-state index in [9.17, 15) is 19.1 Å². The third kappa shape index (κ3) is 10.2. The molecule has 0 fully saturated rings. The molecule has 0 aliphatic heterocycles. The third-order valence-electron chi connectivity index (χ3n) is 7.22. The molecule has 0 aliphatic rings. The van der Waals surface area contributed by atoms with Crippen molar-refractivity contribution in [2.45, 2.75) is 45.4 Å². The second kappa shape index (κ2) is 16.8. The fourth-order valence-electron chi connectivity index (χ4n) is 4.93. The van der Waals surface area contributed by atoms with Gasteiger partial charge in [0.05, 0.1) is 6.61 Å². The highest BCUT2D eigenvalue weighted by molar-refractivity contribution is 6.31. The molecule has 0 spiro atoms. The lowest BCUT2D eigenvalue weighted by Crippen LogP contribution is -2.24. The number of benzene rings is 4. The number of hydrogen-bond donors (Lipinski definition) is 2. The first kappa shape index (κ1) is 33.8. The van der Waals surface area contributed by atoms with Crippen molar-refractivity contribution in [3.05, 3.63) is 106 Å². The second-order valence-electron chi connectivity index (χ2n) is 10.7. The van der Waals surface area contributed by atoms with Crippen LogP contribution in [0.1, 0.15) is 54.4 Å². The first-order chi connectivity index (χ1) is 21.7. The molecule has 0 aliphatic carbocycles. The van der Waals surface area contributed by atoms with Crippen molar-refractivity contribution in [2.75, 3.05) is 19.8 Å². The molecule has 0 saturated carbocycles. The Morgan fingerprint density at radius 1 is 0.778 bits per heavy atom.